The van der Waals surface area contributed by atoms with E-state index in [1.165, 1.54) is 24.4 Å². The Morgan fingerprint density at radius 2 is 2.28 bits per heavy atom. The molecule has 1 rings (SSSR count). The molecule has 0 saturated carbocycles. The Balaban J connectivity index is 2.42. The zero-order valence-electron chi connectivity index (χ0n) is 10.2. The molecule has 100 valence electrons. The van der Waals surface area contributed by atoms with Crippen LogP contribution in [0.2, 0.25) is 0 Å². The molecule has 0 saturated heterocycles. The molecule has 0 aliphatic rings. The van der Waals surface area contributed by atoms with Gasteiger partial charge in [-0.25, -0.2) is 9.67 Å². The number of ether oxygens (including phenoxy) is 1. The van der Waals surface area contributed by atoms with Gasteiger partial charge in [-0.2, -0.15) is 5.10 Å². The molecule has 1 aromatic rings. The molecular formula is C10H16N4O4. The fourth-order valence-electron chi connectivity index (χ4n) is 1.33. The molecule has 2 unspecified atom stereocenters. The highest BCUT2D eigenvalue weighted by molar-refractivity contribution is 5.79. The van der Waals surface area contributed by atoms with Gasteiger partial charge in [-0.1, -0.05) is 0 Å². The summed E-state index contributed by atoms with van der Waals surface area (Å²) in [7, 11) is 1.40. The predicted molar refractivity (Wildman–Crippen MR) is 60.8 cm³/mol. The third kappa shape index (κ3) is 4.13. The number of hydrogen-bond donors (Lipinski definition) is 2. The van der Waals surface area contributed by atoms with Gasteiger partial charge in [-0.3, -0.25) is 9.59 Å². The van der Waals surface area contributed by atoms with Crippen molar-refractivity contribution in [1.82, 2.24) is 20.1 Å². The van der Waals surface area contributed by atoms with Crippen molar-refractivity contribution in [3.05, 3.63) is 12.7 Å². The second-order valence-corrected chi connectivity index (χ2v) is 3.75. The Kier molecular flexibility index (Phi) is 5.25. The van der Waals surface area contributed by atoms with E-state index in [0.717, 1.165) is 0 Å². The van der Waals surface area contributed by atoms with Crippen molar-refractivity contribution >= 4 is 11.9 Å². The van der Waals surface area contributed by atoms with Gasteiger partial charge in [0.25, 0.3) is 0 Å². The summed E-state index contributed by atoms with van der Waals surface area (Å²) in [6.45, 7) is 1.81. The monoisotopic (exact) mass is 256 g/mol. The number of amides is 1. The molecule has 1 amide bonds. The van der Waals surface area contributed by atoms with Crippen LogP contribution in [0.1, 0.15) is 19.4 Å². The number of hydrogen-bond acceptors (Lipinski definition) is 5. The van der Waals surface area contributed by atoms with Crippen LogP contribution in [-0.4, -0.2) is 51.5 Å². The molecule has 1 heterocycles. The number of aromatic nitrogens is 3. The lowest BCUT2D eigenvalue weighted by atomic mass is 10.2. The third-order valence-electron chi connectivity index (χ3n) is 2.45. The van der Waals surface area contributed by atoms with Crippen molar-refractivity contribution in [2.75, 3.05) is 13.7 Å². The SMILES string of the molecule is COC(CNC(=O)C(C)n1cncn1)CC(=O)O. The Hall–Kier alpha value is -1.96. The molecule has 0 radical (unpaired) electrons. The highest BCUT2D eigenvalue weighted by Crippen LogP contribution is 2.02. The Labute approximate surface area is 104 Å². The lowest BCUT2D eigenvalue weighted by Gasteiger charge is -2.16. The van der Waals surface area contributed by atoms with E-state index < -0.39 is 18.1 Å². The van der Waals surface area contributed by atoms with Crippen LogP contribution in [0.15, 0.2) is 12.7 Å². The minimum atomic E-state index is -0.972. The fraction of sp³-hybridized carbons (Fsp3) is 0.600. The average molecular weight is 256 g/mol. The van der Waals surface area contributed by atoms with Gasteiger partial charge in [0.2, 0.25) is 5.91 Å². The Morgan fingerprint density at radius 3 is 2.78 bits per heavy atom. The first kappa shape index (κ1) is 14.1. The van der Waals surface area contributed by atoms with Crippen LogP contribution >= 0.6 is 0 Å². The Bertz CT molecular complexity index is 393. The van der Waals surface area contributed by atoms with E-state index in [0.29, 0.717) is 0 Å². The van der Waals surface area contributed by atoms with Crippen LogP contribution < -0.4 is 5.32 Å². The van der Waals surface area contributed by atoms with Gasteiger partial charge in [0.1, 0.15) is 18.7 Å². The highest BCUT2D eigenvalue weighted by Gasteiger charge is 2.18. The maximum atomic E-state index is 11.7. The summed E-state index contributed by atoms with van der Waals surface area (Å²) in [6, 6.07) is -0.505. The van der Waals surface area contributed by atoms with Crippen LogP contribution in [0.3, 0.4) is 0 Å². The van der Waals surface area contributed by atoms with E-state index in [-0.39, 0.29) is 18.9 Å². The number of rotatable bonds is 7. The number of nitrogens with one attached hydrogen (secondary N) is 1. The largest absolute Gasteiger partial charge is 0.481 e. The number of methoxy groups -OCH3 is 1. The minimum Gasteiger partial charge on any atom is -0.481 e. The number of carboxylic acid groups (broad SMARTS) is 1. The van der Waals surface area contributed by atoms with Crippen LogP contribution in [0.5, 0.6) is 0 Å². The van der Waals surface area contributed by atoms with Crippen molar-refractivity contribution in [2.24, 2.45) is 0 Å². The lowest BCUT2D eigenvalue weighted by Crippen LogP contribution is -2.38. The van der Waals surface area contributed by atoms with Crippen LogP contribution in [0.4, 0.5) is 0 Å². The number of carbonyl (C=O) groups is 2. The van der Waals surface area contributed by atoms with E-state index in [9.17, 15) is 9.59 Å². The maximum absolute atomic E-state index is 11.7. The molecule has 2 atom stereocenters. The molecule has 2 N–H and O–H groups in total. The molecule has 1 aromatic heterocycles. The zero-order valence-corrected chi connectivity index (χ0v) is 10.2. The second-order valence-electron chi connectivity index (χ2n) is 3.75. The first-order valence-electron chi connectivity index (χ1n) is 5.41. The molecular weight excluding hydrogens is 240 g/mol. The lowest BCUT2D eigenvalue weighted by molar-refractivity contribution is -0.140. The van der Waals surface area contributed by atoms with E-state index >= 15 is 0 Å². The molecule has 0 bridgehead atoms. The van der Waals surface area contributed by atoms with Gasteiger partial charge in [0, 0.05) is 13.7 Å². The highest BCUT2D eigenvalue weighted by atomic mass is 16.5. The average Bonchev–Trinajstić information content (AvgIpc) is 2.86. The van der Waals surface area contributed by atoms with Crippen molar-refractivity contribution in [3.63, 3.8) is 0 Å². The molecule has 0 aliphatic carbocycles. The van der Waals surface area contributed by atoms with E-state index in [2.05, 4.69) is 15.4 Å². The molecule has 0 aliphatic heterocycles. The molecule has 18 heavy (non-hydrogen) atoms. The van der Waals surface area contributed by atoms with Crippen molar-refractivity contribution in [2.45, 2.75) is 25.5 Å². The number of nitrogens with zero attached hydrogens (tertiary/aromatic N) is 3. The van der Waals surface area contributed by atoms with Gasteiger partial charge in [-0.05, 0) is 6.92 Å². The quantitative estimate of drug-likeness (QED) is 0.677. The molecule has 0 fully saturated rings. The van der Waals surface area contributed by atoms with Gasteiger partial charge < -0.3 is 15.2 Å². The summed E-state index contributed by atoms with van der Waals surface area (Å²) in [4.78, 5) is 26.0. The van der Waals surface area contributed by atoms with Crippen LogP contribution in [-0.2, 0) is 14.3 Å². The molecule has 0 spiro atoms. The number of carboxylic acids is 1. The van der Waals surface area contributed by atoms with E-state index in [1.807, 2.05) is 0 Å². The number of aliphatic carboxylic acids is 1. The van der Waals surface area contributed by atoms with Gasteiger partial charge in [0.05, 0.1) is 12.5 Å². The summed E-state index contributed by atoms with van der Waals surface area (Å²) >= 11 is 0. The summed E-state index contributed by atoms with van der Waals surface area (Å²) in [5.41, 5.74) is 0. The first-order valence-corrected chi connectivity index (χ1v) is 5.41. The fourth-order valence-corrected chi connectivity index (χ4v) is 1.33. The summed E-state index contributed by atoms with van der Waals surface area (Å²) in [6.07, 6.45) is 2.07. The second kappa shape index (κ2) is 6.70. The predicted octanol–water partition coefficient (Wildman–Crippen LogP) is -0.555. The molecule has 8 heteroatoms. The molecule has 8 nitrogen and oxygen atoms in total. The molecule has 0 aromatic carbocycles. The topological polar surface area (TPSA) is 106 Å². The maximum Gasteiger partial charge on any atom is 0.306 e. The standard InChI is InChI=1S/C10H16N4O4/c1-7(14-6-11-5-13-14)10(17)12-4-8(18-2)3-9(15)16/h5-8H,3-4H2,1-2H3,(H,12,17)(H,15,16). The van der Waals surface area contributed by atoms with Crippen molar-refractivity contribution < 1.29 is 19.4 Å². The normalized spacial score (nSPS) is 13.9. The van der Waals surface area contributed by atoms with Gasteiger partial charge >= 0.3 is 5.97 Å². The van der Waals surface area contributed by atoms with Crippen LogP contribution in [0.25, 0.3) is 0 Å². The van der Waals surface area contributed by atoms with Crippen molar-refractivity contribution in [3.8, 4) is 0 Å². The van der Waals surface area contributed by atoms with Gasteiger partial charge in [-0.15, -0.1) is 0 Å². The first-order chi connectivity index (χ1) is 8.54. The summed E-state index contributed by atoms with van der Waals surface area (Å²) < 4.78 is 6.36. The van der Waals surface area contributed by atoms with E-state index in [4.69, 9.17) is 9.84 Å². The third-order valence-corrected chi connectivity index (χ3v) is 2.45. The van der Waals surface area contributed by atoms with Crippen LogP contribution in [0, 0.1) is 0 Å². The minimum absolute atomic E-state index is 0.140. The summed E-state index contributed by atoms with van der Waals surface area (Å²) in [5.74, 6) is -1.24. The Morgan fingerprint density at radius 1 is 1.56 bits per heavy atom. The zero-order chi connectivity index (χ0) is 13.5. The summed E-state index contributed by atoms with van der Waals surface area (Å²) in [5, 5.41) is 15.1. The van der Waals surface area contributed by atoms with Crippen molar-refractivity contribution in [1.29, 1.82) is 0 Å². The number of carbonyl (C=O) groups excluding carboxylic acids is 1. The van der Waals surface area contributed by atoms with Gasteiger partial charge in [0.15, 0.2) is 0 Å². The smallest absolute Gasteiger partial charge is 0.306 e. The van der Waals surface area contributed by atoms with E-state index in [1.54, 1.807) is 6.92 Å².